The fraction of sp³-hybridized carbons (Fsp3) is 0.600. The van der Waals surface area contributed by atoms with E-state index >= 15 is 0 Å². The van der Waals surface area contributed by atoms with Crippen LogP contribution in [0, 0.1) is 5.82 Å². The van der Waals surface area contributed by atoms with E-state index in [0.717, 1.165) is 36.1 Å². The molecule has 1 fully saturated rings. The molecule has 0 amide bonds. The Kier molecular flexibility index (Phi) is 5.55. The Balaban J connectivity index is 2.11. The van der Waals surface area contributed by atoms with Crippen molar-refractivity contribution < 1.29 is 4.39 Å². The predicted molar refractivity (Wildman–Crippen MR) is 84.6 cm³/mol. The molecular formula is C15H23BrFN3. The molecule has 0 radical (unpaired) electrons. The van der Waals surface area contributed by atoms with Crippen molar-refractivity contribution in [3.05, 3.63) is 34.1 Å². The fourth-order valence-corrected chi connectivity index (χ4v) is 3.35. The number of nitrogens with zero attached hydrogens (tertiary/aromatic N) is 2. The van der Waals surface area contributed by atoms with Gasteiger partial charge in [-0.05, 0) is 45.3 Å². The van der Waals surface area contributed by atoms with Gasteiger partial charge in [0.1, 0.15) is 5.82 Å². The van der Waals surface area contributed by atoms with Gasteiger partial charge in [0.15, 0.2) is 0 Å². The molecule has 1 aliphatic heterocycles. The molecule has 2 unspecified atom stereocenters. The largest absolute Gasteiger partial charge is 0.315 e. The van der Waals surface area contributed by atoms with Crippen molar-refractivity contribution in [1.82, 2.24) is 15.1 Å². The lowest BCUT2D eigenvalue weighted by Gasteiger charge is -2.42. The van der Waals surface area contributed by atoms with Crippen molar-refractivity contribution in [2.75, 3.05) is 40.8 Å². The van der Waals surface area contributed by atoms with Gasteiger partial charge in [-0.25, -0.2) is 4.39 Å². The Hall–Kier alpha value is -0.490. The summed E-state index contributed by atoms with van der Waals surface area (Å²) in [6, 6.07) is 5.76. The second-order valence-electron chi connectivity index (χ2n) is 5.65. The summed E-state index contributed by atoms with van der Waals surface area (Å²) in [5.74, 6) is -0.198. The van der Waals surface area contributed by atoms with Gasteiger partial charge in [0.25, 0.3) is 0 Å². The fourth-order valence-electron chi connectivity index (χ4n) is 2.83. The van der Waals surface area contributed by atoms with Gasteiger partial charge in [0.05, 0.1) is 0 Å². The van der Waals surface area contributed by atoms with E-state index in [-0.39, 0.29) is 5.82 Å². The van der Waals surface area contributed by atoms with E-state index in [9.17, 15) is 4.39 Å². The Labute approximate surface area is 129 Å². The number of halogens is 2. The van der Waals surface area contributed by atoms with E-state index in [4.69, 9.17) is 0 Å². The third kappa shape index (κ3) is 3.79. The normalized spacial score (nSPS) is 22.9. The summed E-state index contributed by atoms with van der Waals surface area (Å²) < 4.78 is 14.0. The van der Waals surface area contributed by atoms with Crippen molar-refractivity contribution in [3.8, 4) is 0 Å². The molecule has 20 heavy (non-hydrogen) atoms. The first kappa shape index (κ1) is 15.9. The van der Waals surface area contributed by atoms with E-state index in [1.54, 1.807) is 6.07 Å². The minimum absolute atomic E-state index is 0.198. The number of hydrogen-bond acceptors (Lipinski definition) is 3. The summed E-state index contributed by atoms with van der Waals surface area (Å²) in [5, 5.41) is 3.43. The zero-order valence-corrected chi connectivity index (χ0v) is 14.0. The molecule has 3 nitrogen and oxygen atoms in total. The average molecular weight is 344 g/mol. The highest BCUT2D eigenvalue weighted by atomic mass is 79.9. The van der Waals surface area contributed by atoms with Crippen molar-refractivity contribution in [2.24, 2.45) is 0 Å². The van der Waals surface area contributed by atoms with Crippen LogP contribution in [-0.2, 0) is 6.42 Å². The Bertz CT molecular complexity index is 455. The standard InChI is InChI=1S/C15H23BrFN3/c1-18-14(15-10-19(2)6-7-20(15)3)8-11-4-5-12(17)9-13(11)16/h4-5,9,14-15,18H,6-8,10H2,1-3H3. The van der Waals surface area contributed by atoms with Crippen molar-refractivity contribution >= 4 is 15.9 Å². The molecule has 0 aromatic heterocycles. The van der Waals surface area contributed by atoms with Gasteiger partial charge in [0.2, 0.25) is 0 Å². The number of rotatable bonds is 4. The first-order valence-electron chi connectivity index (χ1n) is 7.01. The van der Waals surface area contributed by atoms with Crippen molar-refractivity contribution in [1.29, 1.82) is 0 Å². The van der Waals surface area contributed by atoms with E-state index in [1.165, 1.54) is 6.07 Å². The quantitative estimate of drug-likeness (QED) is 0.901. The molecular weight excluding hydrogens is 321 g/mol. The van der Waals surface area contributed by atoms with Crippen LogP contribution in [0.25, 0.3) is 0 Å². The molecule has 2 atom stereocenters. The minimum Gasteiger partial charge on any atom is -0.315 e. The summed E-state index contributed by atoms with van der Waals surface area (Å²) in [6.07, 6.45) is 0.889. The summed E-state index contributed by atoms with van der Waals surface area (Å²) in [7, 11) is 6.35. The van der Waals surface area contributed by atoms with Crippen LogP contribution in [0.3, 0.4) is 0 Å². The zero-order valence-electron chi connectivity index (χ0n) is 12.4. The van der Waals surface area contributed by atoms with E-state index in [2.05, 4.69) is 45.1 Å². The Morgan fingerprint density at radius 2 is 2.15 bits per heavy atom. The predicted octanol–water partition coefficient (Wildman–Crippen LogP) is 1.96. The van der Waals surface area contributed by atoms with E-state index < -0.39 is 0 Å². The average Bonchev–Trinajstić information content (AvgIpc) is 2.41. The van der Waals surface area contributed by atoms with Gasteiger partial charge in [-0.2, -0.15) is 0 Å². The highest BCUT2D eigenvalue weighted by molar-refractivity contribution is 9.10. The van der Waals surface area contributed by atoms with Crippen LogP contribution in [0.1, 0.15) is 5.56 Å². The molecule has 1 saturated heterocycles. The maximum absolute atomic E-state index is 13.2. The van der Waals surface area contributed by atoms with Crippen LogP contribution in [-0.4, -0.2) is 62.7 Å². The van der Waals surface area contributed by atoms with E-state index in [0.29, 0.717) is 12.1 Å². The topological polar surface area (TPSA) is 18.5 Å². The van der Waals surface area contributed by atoms with Gasteiger partial charge in [0, 0.05) is 36.2 Å². The summed E-state index contributed by atoms with van der Waals surface area (Å²) in [5.41, 5.74) is 1.15. The second-order valence-corrected chi connectivity index (χ2v) is 6.50. The number of piperazine rings is 1. The number of benzene rings is 1. The van der Waals surface area contributed by atoms with Crippen LogP contribution in [0.2, 0.25) is 0 Å². The Morgan fingerprint density at radius 3 is 2.80 bits per heavy atom. The molecule has 1 aromatic rings. The monoisotopic (exact) mass is 343 g/mol. The lowest BCUT2D eigenvalue weighted by molar-refractivity contribution is 0.0897. The van der Waals surface area contributed by atoms with Gasteiger partial charge >= 0.3 is 0 Å². The highest BCUT2D eigenvalue weighted by Crippen LogP contribution is 2.22. The minimum atomic E-state index is -0.198. The van der Waals surface area contributed by atoms with Gasteiger partial charge < -0.3 is 10.2 Å². The summed E-state index contributed by atoms with van der Waals surface area (Å²) in [4.78, 5) is 4.79. The maximum Gasteiger partial charge on any atom is 0.124 e. The third-order valence-corrected chi connectivity index (χ3v) is 4.93. The molecule has 112 valence electrons. The lowest BCUT2D eigenvalue weighted by atomic mass is 9.96. The zero-order chi connectivity index (χ0) is 14.7. The smallest absolute Gasteiger partial charge is 0.124 e. The van der Waals surface area contributed by atoms with Gasteiger partial charge in [-0.3, -0.25) is 4.90 Å². The van der Waals surface area contributed by atoms with E-state index in [1.807, 2.05) is 13.1 Å². The number of likely N-dealkylation sites (N-methyl/N-ethyl adjacent to an activating group) is 3. The molecule has 1 heterocycles. The first-order chi connectivity index (χ1) is 9.51. The SMILES string of the molecule is CNC(Cc1ccc(F)cc1Br)C1CN(C)CCN1C. The molecule has 0 spiro atoms. The molecule has 1 aromatic carbocycles. The number of nitrogens with one attached hydrogen (secondary N) is 1. The van der Waals surface area contributed by atoms with Crippen molar-refractivity contribution in [2.45, 2.75) is 18.5 Å². The molecule has 0 saturated carbocycles. The van der Waals surface area contributed by atoms with Crippen LogP contribution in [0.4, 0.5) is 4.39 Å². The molecule has 5 heteroatoms. The highest BCUT2D eigenvalue weighted by Gasteiger charge is 2.29. The summed E-state index contributed by atoms with van der Waals surface area (Å²) >= 11 is 3.46. The maximum atomic E-state index is 13.2. The Morgan fingerprint density at radius 1 is 1.40 bits per heavy atom. The van der Waals surface area contributed by atoms with Crippen LogP contribution >= 0.6 is 15.9 Å². The molecule has 0 aliphatic carbocycles. The summed E-state index contributed by atoms with van der Waals surface area (Å²) in [6.45, 7) is 3.26. The van der Waals surface area contributed by atoms with Crippen LogP contribution < -0.4 is 5.32 Å². The molecule has 2 rings (SSSR count). The van der Waals surface area contributed by atoms with Crippen LogP contribution in [0.5, 0.6) is 0 Å². The van der Waals surface area contributed by atoms with Crippen LogP contribution in [0.15, 0.2) is 22.7 Å². The van der Waals surface area contributed by atoms with Gasteiger partial charge in [-0.1, -0.05) is 22.0 Å². The first-order valence-corrected chi connectivity index (χ1v) is 7.80. The molecule has 1 N–H and O–H groups in total. The molecule has 0 bridgehead atoms. The molecule has 1 aliphatic rings. The van der Waals surface area contributed by atoms with Gasteiger partial charge in [-0.15, -0.1) is 0 Å². The third-order valence-electron chi connectivity index (χ3n) is 4.19. The van der Waals surface area contributed by atoms with Crippen molar-refractivity contribution in [3.63, 3.8) is 0 Å². The second kappa shape index (κ2) is 6.98. The number of hydrogen-bond donors (Lipinski definition) is 1. The lowest BCUT2D eigenvalue weighted by Crippen LogP contribution is -2.58.